The van der Waals surface area contributed by atoms with Gasteiger partial charge in [-0.3, -0.25) is 4.79 Å². The van der Waals surface area contributed by atoms with Crippen LogP contribution in [0.1, 0.15) is 55.8 Å². The Morgan fingerprint density at radius 2 is 1.57 bits per heavy atom. The molecule has 0 aromatic heterocycles. The summed E-state index contributed by atoms with van der Waals surface area (Å²) in [5.41, 5.74) is 0.135. The molecule has 2 heterocycles. The summed E-state index contributed by atoms with van der Waals surface area (Å²) in [5.74, 6) is -0.884. The van der Waals surface area contributed by atoms with Crippen LogP contribution in [0.25, 0.3) is 0 Å². The van der Waals surface area contributed by atoms with Crippen LogP contribution in [0.3, 0.4) is 0 Å². The van der Waals surface area contributed by atoms with E-state index >= 15 is 0 Å². The molecule has 2 aliphatic heterocycles. The molecule has 0 bridgehead atoms. The van der Waals surface area contributed by atoms with Gasteiger partial charge in [-0.2, -0.15) is 4.31 Å². The van der Waals surface area contributed by atoms with Crippen LogP contribution in [0.2, 0.25) is 0 Å². The molecule has 2 fully saturated rings. The summed E-state index contributed by atoms with van der Waals surface area (Å²) in [4.78, 5) is 26.9. The van der Waals surface area contributed by atoms with E-state index in [2.05, 4.69) is 0 Å². The van der Waals surface area contributed by atoms with Crippen molar-refractivity contribution in [2.75, 3.05) is 26.2 Å². The molecule has 0 saturated carbocycles. The maximum atomic E-state index is 12.7. The van der Waals surface area contributed by atoms with Crippen LogP contribution in [0, 0.1) is 0 Å². The molecule has 7 nitrogen and oxygen atoms in total. The van der Waals surface area contributed by atoms with Crippen molar-refractivity contribution in [1.82, 2.24) is 9.21 Å². The van der Waals surface area contributed by atoms with E-state index in [9.17, 15) is 18.0 Å². The van der Waals surface area contributed by atoms with Crippen LogP contribution in [-0.2, 0) is 19.6 Å². The highest BCUT2D eigenvalue weighted by molar-refractivity contribution is 7.89. The van der Waals surface area contributed by atoms with Gasteiger partial charge in [0.2, 0.25) is 10.0 Å². The van der Waals surface area contributed by atoms with Gasteiger partial charge in [-0.15, -0.1) is 0 Å². The van der Waals surface area contributed by atoms with Crippen molar-refractivity contribution in [3.8, 4) is 0 Å². The Labute approximate surface area is 166 Å². The van der Waals surface area contributed by atoms with E-state index in [1.807, 2.05) is 0 Å². The van der Waals surface area contributed by atoms with Gasteiger partial charge in [-0.05, 0) is 50.8 Å². The van der Waals surface area contributed by atoms with Gasteiger partial charge >= 0.3 is 5.97 Å². The molecule has 1 amide bonds. The lowest BCUT2D eigenvalue weighted by Crippen LogP contribution is -2.40. The number of likely N-dealkylation sites (tertiary alicyclic amines) is 1. The first-order chi connectivity index (χ1) is 13.4. The van der Waals surface area contributed by atoms with Crippen molar-refractivity contribution in [3.05, 3.63) is 29.8 Å². The summed E-state index contributed by atoms with van der Waals surface area (Å²) in [5, 5.41) is 0. The van der Waals surface area contributed by atoms with Crippen LogP contribution in [0.15, 0.2) is 29.2 Å². The van der Waals surface area contributed by atoms with Gasteiger partial charge in [0.15, 0.2) is 6.10 Å². The van der Waals surface area contributed by atoms with Gasteiger partial charge < -0.3 is 9.64 Å². The molecule has 8 heteroatoms. The fourth-order valence-corrected chi connectivity index (χ4v) is 5.25. The van der Waals surface area contributed by atoms with E-state index in [0.29, 0.717) is 26.2 Å². The topological polar surface area (TPSA) is 84.0 Å². The zero-order chi connectivity index (χ0) is 20.1. The number of ether oxygens (including phenoxy) is 1. The first kappa shape index (κ1) is 20.8. The molecule has 2 saturated heterocycles. The molecule has 1 aromatic rings. The SMILES string of the molecule is CC(OC(=O)c1cccc(S(=O)(=O)N2CCCC2)c1)C(=O)N1CCCCCC1. The predicted octanol–water partition coefficient (Wildman–Crippen LogP) is 2.42. The maximum absolute atomic E-state index is 12.7. The summed E-state index contributed by atoms with van der Waals surface area (Å²) < 4.78 is 32.2. The van der Waals surface area contributed by atoms with Crippen molar-refractivity contribution in [2.45, 2.75) is 56.4 Å². The molecule has 0 aliphatic carbocycles. The minimum absolute atomic E-state index is 0.0790. The largest absolute Gasteiger partial charge is 0.449 e. The zero-order valence-corrected chi connectivity index (χ0v) is 17.1. The predicted molar refractivity (Wildman–Crippen MR) is 104 cm³/mol. The fraction of sp³-hybridized carbons (Fsp3) is 0.600. The number of benzene rings is 1. The molecule has 0 N–H and O–H groups in total. The highest BCUT2D eigenvalue weighted by atomic mass is 32.2. The number of carbonyl (C=O) groups is 2. The monoisotopic (exact) mass is 408 g/mol. The quantitative estimate of drug-likeness (QED) is 0.699. The number of esters is 1. The van der Waals surface area contributed by atoms with Crippen molar-refractivity contribution in [2.24, 2.45) is 0 Å². The molecule has 1 unspecified atom stereocenters. The first-order valence-corrected chi connectivity index (χ1v) is 11.4. The molecule has 0 radical (unpaired) electrons. The van der Waals surface area contributed by atoms with E-state index in [4.69, 9.17) is 4.74 Å². The highest BCUT2D eigenvalue weighted by Gasteiger charge is 2.29. The van der Waals surface area contributed by atoms with E-state index in [1.165, 1.54) is 28.6 Å². The Hall–Kier alpha value is -1.93. The maximum Gasteiger partial charge on any atom is 0.338 e. The molecule has 1 aromatic carbocycles. The molecule has 2 aliphatic rings. The summed E-state index contributed by atoms with van der Waals surface area (Å²) >= 11 is 0. The summed E-state index contributed by atoms with van der Waals surface area (Å²) in [6.45, 7) is 3.93. The average Bonchev–Trinajstić information content (AvgIpc) is 3.11. The number of carbonyl (C=O) groups excluding carboxylic acids is 2. The summed E-state index contributed by atoms with van der Waals surface area (Å²) in [6.07, 6.45) is 4.93. The van der Waals surface area contributed by atoms with Crippen LogP contribution < -0.4 is 0 Å². The molecular formula is C20H28N2O5S. The van der Waals surface area contributed by atoms with E-state index in [1.54, 1.807) is 11.8 Å². The Bertz CT molecular complexity index is 810. The number of hydrogen-bond acceptors (Lipinski definition) is 5. The molecule has 154 valence electrons. The Kier molecular flexibility index (Phi) is 6.72. The number of amides is 1. The minimum Gasteiger partial charge on any atom is -0.449 e. The van der Waals surface area contributed by atoms with Crippen molar-refractivity contribution in [1.29, 1.82) is 0 Å². The third-order valence-electron chi connectivity index (χ3n) is 5.32. The molecule has 28 heavy (non-hydrogen) atoms. The average molecular weight is 409 g/mol. The van der Waals surface area contributed by atoms with Crippen molar-refractivity contribution >= 4 is 21.9 Å². The normalized spacial score (nSPS) is 19.8. The number of rotatable bonds is 5. The third kappa shape index (κ3) is 4.72. The lowest BCUT2D eigenvalue weighted by molar-refractivity contribution is -0.139. The number of sulfonamides is 1. The van der Waals surface area contributed by atoms with Gasteiger partial charge in [-0.1, -0.05) is 18.9 Å². The molecule has 1 atom stereocenters. The standard InChI is InChI=1S/C20H28N2O5S/c1-16(19(23)21-11-4-2-3-5-12-21)27-20(24)17-9-8-10-18(15-17)28(25,26)22-13-6-7-14-22/h8-10,15-16H,2-7,11-14H2,1H3. The summed E-state index contributed by atoms with van der Waals surface area (Å²) in [7, 11) is -3.61. The van der Waals surface area contributed by atoms with Gasteiger partial charge in [0.1, 0.15) is 0 Å². The lowest BCUT2D eigenvalue weighted by atomic mass is 10.2. The van der Waals surface area contributed by atoms with Gasteiger partial charge in [0.05, 0.1) is 10.5 Å². The first-order valence-electron chi connectivity index (χ1n) is 9.99. The highest BCUT2D eigenvalue weighted by Crippen LogP contribution is 2.22. The van der Waals surface area contributed by atoms with E-state index in [-0.39, 0.29) is 16.4 Å². The smallest absolute Gasteiger partial charge is 0.338 e. The summed E-state index contributed by atoms with van der Waals surface area (Å²) in [6, 6.07) is 5.85. The van der Waals surface area contributed by atoms with Gasteiger partial charge in [0, 0.05) is 26.2 Å². The van der Waals surface area contributed by atoms with E-state index < -0.39 is 22.1 Å². The van der Waals surface area contributed by atoms with Crippen molar-refractivity contribution < 1.29 is 22.7 Å². The Morgan fingerprint density at radius 3 is 2.21 bits per heavy atom. The number of hydrogen-bond donors (Lipinski definition) is 0. The number of nitrogens with zero attached hydrogens (tertiary/aromatic N) is 2. The Morgan fingerprint density at radius 1 is 0.964 bits per heavy atom. The fourth-order valence-electron chi connectivity index (χ4n) is 3.69. The second-order valence-corrected chi connectivity index (χ2v) is 9.36. The molecular weight excluding hydrogens is 380 g/mol. The van der Waals surface area contributed by atoms with Crippen LogP contribution in [0.5, 0.6) is 0 Å². The molecule has 0 spiro atoms. The van der Waals surface area contributed by atoms with Gasteiger partial charge in [-0.25, -0.2) is 13.2 Å². The lowest BCUT2D eigenvalue weighted by Gasteiger charge is -2.24. The Balaban J connectivity index is 1.68. The van der Waals surface area contributed by atoms with E-state index in [0.717, 1.165) is 38.5 Å². The van der Waals surface area contributed by atoms with Crippen LogP contribution >= 0.6 is 0 Å². The second-order valence-electron chi connectivity index (χ2n) is 7.43. The van der Waals surface area contributed by atoms with Crippen LogP contribution in [-0.4, -0.2) is 61.8 Å². The van der Waals surface area contributed by atoms with Crippen molar-refractivity contribution in [3.63, 3.8) is 0 Å². The third-order valence-corrected chi connectivity index (χ3v) is 7.22. The zero-order valence-electron chi connectivity index (χ0n) is 16.3. The minimum atomic E-state index is -3.61. The van der Waals surface area contributed by atoms with Gasteiger partial charge in [0.25, 0.3) is 5.91 Å². The van der Waals surface area contributed by atoms with Crippen LogP contribution in [0.4, 0.5) is 0 Å². The second kappa shape index (κ2) is 9.05. The molecule has 3 rings (SSSR count).